The van der Waals surface area contributed by atoms with Gasteiger partial charge in [0.1, 0.15) is 18.0 Å². The Bertz CT molecular complexity index is 780. The lowest BCUT2D eigenvalue weighted by Crippen LogP contribution is -2.41. The van der Waals surface area contributed by atoms with Gasteiger partial charge in [-0.2, -0.15) is 4.98 Å². The SMILES string of the molecule is CC.CCCN(C)c1nc(N)ncc1C#CCCCNC(=O)CN(C)C(=O)OC(C)(C)C. The summed E-state index contributed by atoms with van der Waals surface area (Å²) < 4.78 is 5.22. The van der Waals surface area contributed by atoms with Gasteiger partial charge in [-0.1, -0.05) is 32.6 Å². The van der Waals surface area contributed by atoms with Crippen LogP contribution in [0.5, 0.6) is 0 Å². The second kappa shape index (κ2) is 14.9. The number of nitrogen functional groups attached to an aromatic ring is 1. The first-order chi connectivity index (χ1) is 15.0. The molecule has 2 amide bonds. The van der Waals surface area contributed by atoms with Crippen LogP contribution in [0.2, 0.25) is 0 Å². The number of rotatable bonds is 8. The smallest absolute Gasteiger partial charge is 0.410 e. The molecule has 0 aromatic carbocycles. The van der Waals surface area contributed by atoms with Gasteiger partial charge in [-0.15, -0.1) is 0 Å². The zero-order valence-corrected chi connectivity index (χ0v) is 20.9. The molecule has 180 valence electrons. The molecule has 0 spiro atoms. The van der Waals surface area contributed by atoms with Crippen molar-refractivity contribution in [3.63, 3.8) is 0 Å². The van der Waals surface area contributed by atoms with E-state index in [9.17, 15) is 9.59 Å². The molecule has 0 aliphatic rings. The van der Waals surface area contributed by atoms with Crippen molar-refractivity contribution in [2.75, 3.05) is 44.4 Å². The van der Waals surface area contributed by atoms with Crippen LogP contribution in [-0.2, 0) is 9.53 Å². The highest BCUT2D eigenvalue weighted by Crippen LogP contribution is 2.16. The number of carbonyl (C=O) groups excluding carboxylic acids is 2. The normalized spacial score (nSPS) is 10.1. The Morgan fingerprint density at radius 1 is 1.25 bits per heavy atom. The summed E-state index contributed by atoms with van der Waals surface area (Å²) in [6.07, 6.45) is 3.37. The third-order valence-electron chi connectivity index (χ3n) is 3.82. The summed E-state index contributed by atoms with van der Waals surface area (Å²) in [6.45, 7) is 12.7. The van der Waals surface area contributed by atoms with Gasteiger partial charge in [-0.3, -0.25) is 4.79 Å². The topological polar surface area (TPSA) is 114 Å². The third kappa shape index (κ3) is 12.0. The molecule has 0 saturated carbocycles. The maximum atomic E-state index is 12.0. The Morgan fingerprint density at radius 2 is 1.91 bits per heavy atom. The summed E-state index contributed by atoms with van der Waals surface area (Å²) >= 11 is 0. The number of hydrogen-bond donors (Lipinski definition) is 2. The number of carbonyl (C=O) groups is 2. The lowest BCUT2D eigenvalue weighted by atomic mass is 10.2. The van der Waals surface area contributed by atoms with Crippen molar-refractivity contribution in [1.29, 1.82) is 0 Å². The fourth-order valence-electron chi connectivity index (χ4n) is 2.44. The van der Waals surface area contributed by atoms with Gasteiger partial charge in [0.15, 0.2) is 0 Å². The van der Waals surface area contributed by atoms with E-state index < -0.39 is 11.7 Å². The summed E-state index contributed by atoms with van der Waals surface area (Å²) in [7, 11) is 3.47. The number of amides is 2. The molecule has 1 rings (SSSR count). The van der Waals surface area contributed by atoms with Gasteiger partial charge in [0.2, 0.25) is 11.9 Å². The van der Waals surface area contributed by atoms with Crippen LogP contribution in [0.25, 0.3) is 0 Å². The van der Waals surface area contributed by atoms with Gasteiger partial charge in [0, 0.05) is 33.6 Å². The minimum absolute atomic E-state index is 0.0590. The van der Waals surface area contributed by atoms with Crippen LogP contribution in [0.15, 0.2) is 6.20 Å². The van der Waals surface area contributed by atoms with E-state index in [-0.39, 0.29) is 18.4 Å². The van der Waals surface area contributed by atoms with E-state index in [0.29, 0.717) is 19.4 Å². The first-order valence-corrected chi connectivity index (χ1v) is 11.1. The van der Waals surface area contributed by atoms with Gasteiger partial charge < -0.3 is 25.6 Å². The van der Waals surface area contributed by atoms with Crippen LogP contribution >= 0.6 is 0 Å². The molecule has 0 aliphatic carbocycles. The lowest BCUT2D eigenvalue weighted by molar-refractivity contribution is -0.122. The van der Waals surface area contributed by atoms with Crippen molar-refractivity contribution in [1.82, 2.24) is 20.2 Å². The molecule has 9 nitrogen and oxygen atoms in total. The average Bonchev–Trinajstić information content (AvgIpc) is 2.71. The van der Waals surface area contributed by atoms with E-state index >= 15 is 0 Å². The van der Waals surface area contributed by atoms with Crippen molar-refractivity contribution < 1.29 is 14.3 Å². The Hall–Kier alpha value is -3.02. The van der Waals surface area contributed by atoms with E-state index in [0.717, 1.165) is 24.3 Å². The molecule has 0 aliphatic heterocycles. The Labute approximate surface area is 193 Å². The molecule has 9 heteroatoms. The van der Waals surface area contributed by atoms with Crippen LogP contribution in [0.1, 0.15) is 66.4 Å². The van der Waals surface area contributed by atoms with Crippen molar-refractivity contribution in [3.8, 4) is 11.8 Å². The number of ether oxygens (including phenoxy) is 1. The molecule has 1 aromatic rings. The summed E-state index contributed by atoms with van der Waals surface area (Å²) in [5, 5.41) is 2.78. The van der Waals surface area contributed by atoms with Gasteiger partial charge in [0.25, 0.3) is 0 Å². The predicted octanol–water partition coefficient (Wildman–Crippen LogP) is 3.05. The molecule has 0 fully saturated rings. The molecule has 0 bridgehead atoms. The van der Waals surface area contributed by atoms with Crippen LogP contribution in [0.4, 0.5) is 16.6 Å². The van der Waals surface area contributed by atoms with E-state index in [1.165, 1.54) is 11.9 Å². The molecular formula is C23H40N6O3. The lowest BCUT2D eigenvalue weighted by Gasteiger charge is -2.24. The monoisotopic (exact) mass is 448 g/mol. The number of hydrogen-bond acceptors (Lipinski definition) is 7. The Kier molecular flexibility index (Phi) is 13.5. The molecule has 0 saturated heterocycles. The number of nitrogens with zero attached hydrogens (tertiary/aromatic N) is 4. The van der Waals surface area contributed by atoms with Gasteiger partial charge in [-0.05, 0) is 33.6 Å². The Morgan fingerprint density at radius 3 is 2.50 bits per heavy atom. The number of nitrogens with two attached hydrogens (primary N) is 1. The highest BCUT2D eigenvalue weighted by Gasteiger charge is 2.20. The zero-order chi connectivity index (χ0) is 24.7. The van der Waals surface area contributed by atoms with E-state index in [1.807, 2.05) is 25.8 Å². The largest absolute Gasteiger partial charge is 0.444 e. The van der Waals surface area contributed by atoms with E-state index in [4.69, 9.17) is 10.5 Å². The van der Waals surface area contributed by atoms with Crippen LogP contribution < -0.4 is 16.0 Å². The molecule has 1 heterocycles. The molecule has 0 radical (unpaired) electrons. The van der Waals surface area contributed by atoms with Crippen LogP contribution in [-0.4, -0.2) is 66.2 Å². The van der Waals surface area contributed by atoms with Gasteiger partial charge >= 0.3 is 6.09 Å². The first kappa shape index (κ1) is 29.0. The van der Waals surface area contributed by atoms with Gasteiger partial charge in [-0.25, -0.2) is 9.78 Å². The summed E-state index contributed by atoms with van der Waals surface area (Å²) in [4.78, 5) is 35.4. The van der Waals surface area contributed by atoms with Crippen molar-refractivity contribution in [2.24, 2.45) is 0 Å². The van der Waals surface area contributed by atoms with Crippen LogP contribution in [0, 0.1) is 11.8 Å². The highest BCUT2D eigenvalue weighted by molar-refractivity contribution is 5.82. The zero-order valence-electron chi connectivity index (χ0n) is 20.9. The number of anilines is 2. The fourth-order valence-corrected chi connectivity index (χ4v) is 2.44. The minimum Gasteiger partial charge on any atom is -0.444 e. The standard InChI is InChI=1S/C21H34N6O3.C2H6/c1-7-13-26(5)18-16(14-24-19(22)25-18)11-9-8-10-12-23-17(28)15-27(6)20(29)30-21(2,3)4;1-2/h14H,7-8,10,12-13,15H2,1-6H3,(H,23,28)(H2,22,24,25);1-2H3. The number of aromatic nitrogens is 2. The fraction of sp³-hybridized carbons (Fsp3) is 0.652. The number of nitrogens with one attached hydrogen (secondary N) is 1. The minimum atomic E-state index is -0.596. The van der Waals surface area contributed by atoms with Crippen molar-refractivity contribution in [3.05, 3.63) is 11.8 Å². The van der Waals surface area contributed by atoms with E-state index in [1.54, 1.807) is 27.0 Å². The second-order valence-corrected chi connectivity index (χ2v) is 7.98. The maximum absolute atomic E-state index is 12.0. The Balaban J connectivity index is 0.00000466. The summed E-state index contributed by atoms with van der Waals surface area (Å²) in [5.74, 6) is 6.86. The predicted molar refractivity (Wildman–Crippen MR) is 129 cm³/mol. The third-order valence-corrected chi connectivity index (χ3v) is 3.82. The molecule has 0 unspecified atom stereocenters. The number of unbranched alkanes of at least 4 members (excludes halogenated alkanes) is 1. The van der Waals surface area contributed by atoms with Crippen molar-refractivity contribution >= 4 is 23.8 Å². The summed E-state index contributed by atoms with van der Waals surface area (Å²) in [6, 6.07) is 0. The first-order valence-electron chi connectivity index (χ1n) is 11.1. The molecule has 3 N–H and O–H groups in total. The quantitative estimate of drug-likeness (QED) is 0.464. The van der Waals surface area contributed by atoms with E-state index in [2.05, 4.69) is 34.0 Å². The molecule has 1 aromatic heterocycles. The molecule has 32 heavy (non-hydrogen) atoms. The summed E-state index contributed by atoms with van der Waals surface area (Å²) in [5.41, 5.74) is 5.83. The van der Waals surface area contributed by atoms with Gasteiger partial charge in [0.05, 0.1) is 11.8 Å². The molecular weight excluding hydrogens is 408 g/mol. The van der Waals surface area contributed by atoms with Crippen LogP contribution in [0.3, 0.4) is 0 Å². The van der Waals surface area contributed by atoms with Crippen molar-refractivity contribution in [2.45, 2.75) is 66.4 Å². The number of likely N-dealkylation sites (N-methyl/N-ethyl adjacent to an activating group) is 1. The maximum Gasteiger partial charge on any atom is 0.410 e. The second-order valence-electron chi connectivity index (χ2n) is 7.98. The highest BCUT2D eigenvalue weighted by atomic mass is 16.6. The molecule has 0 atom stereocenters. The average molecular weight is 449 g/mol.